The van der Waals surface area contributed by atoms with Gasteiger partial charge in [0.25, 0.3) is 0 Å². The molecule has 0 radical (unpaired) electrons. The van der Waals surface area contributed by atoms with Crippen LogP contribution in [0.5, 0.6) is 5.75 Å². The third kappa shape index (κ3) is 7.00. The molecule has 0 amide bonds. The number of ether oxygens (including phenoxy) is 1. The second-order valence-electron chi connectivity index (χ2n) is 6.80. The maximum atomic E-state index is 12.8. The van der Waals surface area contributed by atoms with E-state index in [0.717, 1.165) is 43.1 Å². The van der Waals surface area contributed by atoms with Crippen LogP contribution in [0.25, 0.3) is 0 Å². The third-order valence-electron chi connectivity index (χ3n) is 4.81. The first-order valence-electron chi connectivity index (χ1n) is 9.29. The Morgan fingerprint density at radius 3 is 2.21 bits per heavy atom. The zero-order chi connectivity index (χ0) is 19.1. The van der Waals surface area contributed by atoms with E-state index < -0.39 is 12.6 Å². The summed E-state index contributed by atoms with van der Waals surface area (Å²) in [5, 5.41) is 3.25. The number of rotatable bonds is 7. The van der Waals surface area contributed by atoms with Gasteiger partial charge in [0, 0.05) is 38.6 Å². The van der Waals surface area contributed by atoms with Gasteiger partial charge >= 0.3 is 6.18 Å². The van der Waals surface area contributed by atoms with Crippen LogP contribution in [-0.2, 0) is 6.61 Å². The molecule has 0 unspecified atom stereocenters. The van der Waals surface area contributed by atoms with E-state index in [9.17, 15) is 13.2 Å². The quantitative estimate of drug-likeness (QED) is 0.691. The van der Waals surface area contributed by atoms with Crippen LogP contribution in [0.2, 0.25) is 0 Å². The SMILES string of the molecule is Cl.FC(F)(F)CC[C@H](c1ccc(OCc2ccccc2)cc1)N1CCNCC1. The van der Waals surface area contributed by atoms with E-state index in [2.05, 4.69) is 10.2 Å². The van der Waals surface area contributed by atoms with Crippen molar-refractivity contribution in [3.8, 4) is 5.75 Å². The van der Waals surface area contributed by atoms with Crippen LogP contribution < -0.4 is 10.1 Å². The lowest BCUT2D eigenvalue weighted by atomic mass is 9.99. The normalized spacial score (nSPS) is 16.2. The molecule has 1 aliphatic heterocycles. The summed E-state index contributed by atoms with van der Waals surface area (Å²) in [6.07, 6.45) is -4.83. The molecule has 1 N–H and O–H groups in total. The Bertz CT molecular complexity index is 689. The highest BCUT2D eigenvalue weighted by molar-refractivity contribution is 5.85. The molecule has 3 rings (SSSR count). The lowest BCUT2D eigenvalue weighted by molar-refractivity contribution is -0.138. The van der Waals surface area contributed by atoms with Gasteiger partial charge in [0.2, 0.25) is 0 Å². The summed E-state index contributed by atoms with van der Waals surface area (Å²) >= 11 is 0. The van der Waals surface area contributed by atoms with Gasteiger partial charge in [-0.25, -0.2) is 0 Å². The zero-order valence-electron chi connectivity index (χ0n) is 15.6. The van der Waals surface area contributed by atoms with E-state index in [0.29, 0.717) is 6.61 Å². The summed E-state index contributed by atoms with van der Waals surface area (Å²) < 4.78 is 44.1. The second-order valence-corrected chi connectivity index (χ2v) is 6.80. The number of piperazine rings is 1. The highest BCUT2D eigenvalue weighted by Crippen LogP contribution is 2.32. The van der Waals surface area contributed by atoms with Crippen molar-refractivity contribution in [3.05, 3.63) is 65.7 Å². The fourth-order valence-corrected chi connectivity index (χ4v) is 3.38. The molecule has 0 spiro atoms. The zero-order valence-corrected chi connectivity index (χ0v) is 16.4. The molecule has 1 fully saturated rings. The summed E-state index contributed by atoms with van der Waals surface area (Å²) in [5.41, 5.74) is 1.98. The highest BCUT2D eigenvalue weighted by Gasteiger charge is 2.31. The Labute approximate surface area is 170 Å². The van der Waals surface area contributed by atoms with Gasteiger partial charge in [-0.2, -0.15) is 13.2 Å². The standard InChI is InChI=1S/C21H25F3N2O.ClH/c22-21(23,24)11-10-20(26-14-12-25-13-15-26)18-6-8-19(9-7-18)27-16-17-4-2-1-3-5-17;/h1-9,20,25H,10-16H2;1H/t20-;/m1./s1. The van der Waals surface area contributed by atoms with Crippen LogP contribution in [0, 0.1) is 0 Å². The molecular formula is C21H26ClF3N2O. The summed E-state index contributed by atoms with van der Waals surface area (Å²) in [6.45, 7) is 3.60. The lowest BCUT2D eigenvalue weighted by Crippen LogP contribution is -2.45. The lowest BCUT2D eigenvalue weighted by Gasteiger charge is -2.35. The summed E-state index contributed by atoms with van der Waals surface area (Å²) in [5.74, 6) is 0.720. The van der Waals surface area contributed by atoms with Crippen LogP contribution in [-0.4, -0.2) is 37.3 Å². The predicted molar refractivity (Wildman–Crippen MR) is 107 cm³/mol. The predicted octanol–water partition coefficient (Wildman–Crippen LogP) is 4.98. The van der Waals surface area contributed by atoms with Crippen molar-refractivity contribution in [1.82, 2.24) is 10.2 Å². The number of halogens is 4. The average Bonchev–Trinajstić information content (AvgIpc) is 2.68. The third-order valence-corrected chi connectivity index (χ3v) is 4.81. The topological polar surface area (TPSA) is 24.5 Å². The first-order valence-corrected chi connectivity index (χ1v) is 9.29. The molecule has 1 heterocycles. The number of nitrogens with one attached hydrogen (secondary N) is 1. The van der Waals surface area contributed by atoms with Gasteiger partial charge in [-0.1, -0.05) is 42.5 Å². The molecule has 1 atom stereocenters. The van der Waals surface area contributed by atoms with E-state index in [-0.39, 0.29) is 24.9 Å². The van der Waals surface area contributed by atoms with Crippen molar-refractivity contribution in [2.75, 3.05) is 26.2 Å². The molecule has 154 valence electrons. The molecule has 2 aromatic rings. The van der Waals surface area contributed by atoms with Gasteiger partial charge < -0.3 is 10.1 Å². The summed E-state index contributed by atoms with van der Waals surface area (Å²) in [7, 11) is 0. The van der Waals surface area contributed by atoms with Crippen LogP contribution >= 0.6 is 12.4 Å². The van der Waals surface area contributed by atoms with Gasteiger partial charge in [0.15, 0.2) is 0 Å². The molecule has 0 aromatic heterocycles. The Morgan fingerprint density at radius 2 is 1.61 bits per heavy atom. The van der Waals surface area contributed by atoms with Crippen molar-refractivity contribution >= 4 is 12.4 Å². The maximum Gasteiger partial charge on any atom is 0.389 e. The largest absolute Gasteiger partial charge is 0.489 e. The molecule has 0 aliphatic carbocycles. The first-order chi connectivity index (χ1) is 13.0. The van der Waals surface area contributed by atoms with Gasteiger partial charge in [0.1, 0.15) is 12.4 Å². The number of hydrogen-bond acceptors (Lipinski definition) is 3. The van der Waals surface area contributed by atoms with Crippen LogP contribution in [0.4, 0.5) is 13.2 Å². The average molecular weight is 415 g/mol. The Morgan fingerprint density at radius 1 is 0.964 bits per heavy atom. The van der Waals surface area contributed by atoms with Gasteiger partial charge in [-0.3, -0.25) is 4.90 Å². The van der Waals surface area contributed by atoms with Crippen molar-refractivity contribution in [2.45, 2.75) is 31.7 Å². The monoisotopic (exact) mass is 414 g/mol. The molecular weight excluding hydrogens is 389 g/mol. The number of alkyl halides is 3. The van der Waals surface area contributed by atoms with Gasteiger partial charge in [0.05, 0.1) is 0 Å². The highest BCUT2D eigenvalue weighted by atomic mass is 35.5. The number of benzene rings is 2. The fraction of sp³-hybridized carbons (Fsp3) is 0.429. The van der Waals surface area contributed by atoms with Crippen molar-refractivity contribution in [2.24, 2.45) is 0 Å². The summed E-state index contributed by atoms with van der Waals surface area (Å²) in [6, 6.07) is 17.1. The smallest absolute Gasteiger partial charge is 0.389 e. The molecule has 28 heavy (non-hydrogen) atoms. The van der Waals surface area contributed by atoms with Gasteiger partial charge in [-0.15, -0.1) is 12.4 Å². The fourth-order valence-electron chi connectivity index (χ4n) is 3.38. The molecule has 0 saturated carbocycles. The molecule has 0 bridgehead atoms. The minimum absolute atomic E-state index is 0. The van der Waals surface area contributed by atoms with E-state index in [4.69, 9.17) is 4.74 Å². The Kier molecular flexibility index (Phi) is 8.60. The minimum Gasteiger partial charge on any atom is -0.489 e. The summed E-state index contributed by atoms with van der Waals surface area (Å²) in [4.78, 5) is 2.14. The first kappa shape index (κ1) is 22.5. The van der Waals surface area contributed by atoms with Crippen LogP contribution in [0.3, 0.4) is 0 Å². The van der Waals surface area contributed by atoms with E-state index in [1.165, 1.54) is 0 Å². The maximum absolute atomic E-state index is 12.8. The van der Waals surface area contributed by atoms with Gasteiger partial charge in [-0.05, 0) is 29.7 Å². The Hall–Kier alpha value is -1.76. The van der Waals surface area contributed by atoms with E-state index in [1.807, 2.05) is 54.6 Å². The van der Waals surface area contributed by atoms with Crippen LogP contribution in [0.15, 0.2) is 54.6 Å². The van der Waals surface area contributed by atoms with E-state index in [1.54, 1.807) is 0 Å². The van der Waals surface area contributed by atoms with Crippen molar-refractivity contribution in [3.63, 3.8) is 0 Å². The second kappa shape index (κ2) is 10.7. The number of hydrogen-bond donors (Lipinski definition) is 1. The molecule has 3 nitrogen and oxygen atoms in total. The number of nitrogens with zero attached hydrogens (tertiary/aromatic N) is 1. The molecule has 2 aromatic carbocycles. The minimum atomic E-state index is -4.13. The van der Waals surface area contributed by atoms with Crippen molar-refractivity contribution in [1.29, 1.82) is 0 Å². The van der Waals surface area contributed by atoms with Crippen molar-refractivity contribution < 1.29 is 17.9 Å². The van der Waals surface area contributed by atoms with Crippen LogP contribution in [0.1, 0.15) is 30.0 Å². The molecule has 1 aliphatic rings. The van der Waals surface area contributed by atoms with E-state index >= 15 is 0 Å². The molecule has 7 heteroatoms. The Balaban J connectivity index is 0.00000280. The molecule has 1 saturated heterocycles.